The van der Waals surface area contributed by atoms with Crippen molar-refractivity contribution in [1.82, 2.24) is 4.98 Å². The number of fused-ring (bicyclic) bond motifs is 1. The molecule has 0 aliphatic heterocycles. The quantitative estimate of drug-likeness (QED) is 0.677. The zero-order valence-corrected chi connectivity index (χ0v) is 9.83. The summed E-state index contributed by atoms with van der Waals surface area (Å²) in [6, 6.07) is 6.51. The molecule has 0 fully saturated rings. The Morgan fingerprint density at radius 1 is 1.00 bits per heavy atom. The van der Waals surface area contributed by atoms with Gasteiger partial charge in [0.15, 0.2) is 0 Å². The van der Waals surface area contributed by atoms with Gasteiger partial charge in [0.2, 0.25) is 0 Å². The standard InChI is InChI=1S/C14H17N/c1-9(2)14-10(3)5-6-12-11(4)15-8-7-13(12)14/h5-9H,1-4H3. The maximum Gasteiger partial charge on any atom is 0.0451 e. The predicted molar refractivity (Wildman–Crippen MR) is 65.3 cm³/mol. The van der Waals surface area contributed by atoms with Crippen molar-refractivity contribution in [2.24, 2.45) is 0 Å². The van der Waals surface area contributed by atoms with Gasteiger partial charge in [-0.05, 0) is 42.3 Å². The van der Waals surface area contributed by atoms with E-state index in [1.165, 1.54) is 21.9 Å². The van der Waals surface area contributed by atoms with Gasteiger partial charge in [-0.1, -0.05) is 26.0 Å². The van der Waals surface area contributed by atoms with E-state index in [9.17, 15) is 0 Å². The van der Waals surface area contributed by atoms with E-state index in [4.69, 9.17) is 0 Å². The molecule has 0 saturated carbocycles. The Balaban J connectivity index is 2.88. The van der Waals surface area contributed by atoms with Crippen LogP contribution in [0.3, 0.4) is 0 Å². The van der Waals surface area contributed by atoms with E-state index in [2.05, 4.69) is 50.9 Å². The van der Waals surface area contributed by atoms with Crippen LogP contribution < -0.4 is 0 Å². The first-order valence-electron chi connectivity index (χ1n) is 5.46. The van der Waals surface area contributed by atoms with Crippen LogP contribution in [0, 0.1) is 13.8 Å². The van der Waals surface area contributed by atoms with Crippen molar-refractivity contribution >= 4 is 10.8 Å². The maximum absolute atomic E-state index is 4.34. The lowest BCUT2D eigenvalue weighted by Crippen LogP contribution is -1.95. The molecular weight excluding hydrogens is 182 g/mol. The third-order valence-corrected chi connectivity index (χ3v) is 2.98. The van der Waals surface area contributed by atoms with Crippen molar-refractivity contribution in [1.29, 1.82) is 0 Å². The van der Waals surface area contributed by atoms with E-state index in [-0.39, 0.29) is 0 Å². The van der Waals surface area contributed by atoms with Crippen molar-refractivity contribution in [2.45, 2.75) is 33.6 Å². The lowest BCUT2D eigenvalue weighted by Gasteiger charge is -2.14. The van der Waals surface area contributed by atoms with Gasteiger partial charge in [0.1, 0.15) is 0 Å². The highest BCUT2D eigenvalue weighted by Crippen LogP contribution is 2.29. The van der Waals surface area contributed by atoms with Crippen LogP contribution in [0.5, 0.6) is 0 Å². The molecule has 2 rings (SSSR count). The predicted octanol–water partition coefficient (Wildman–Crippen LogP) is 3.98. The number of rotatable bonds is 1. The zero-order chi connectivity index (χ0) is 11.0. The van der Waals surface area contributed by atoms with Crippen molar-refractivity contribution in [3.05, 3.63) is 41.2 Å². The fourth-order valence-electron chi connectivity index (χ4n) is 2.30. The molecule has 0 spiro atoms. The number of aryl methyl sites for hydroxylation is 2. The van der Waals surface area contributed by atoms with E-state index in [1.807, 2.05) is 6.20 Å². The van der Waals surface area contributed by atoms with Crippen LogP contribution >= 0.6 is 0 Å². The molecule has 1 nitrogen and oxygen atoms in total. The minimum atomic E-state index is 0.565. The summed E-state index contributed by atoms with van der Waals surface area (Å²) in [7, 11) is 0. The summed E-state index contributed by atoms with van der Waals surface area (Å²) in [4.78, 5) is 4.34. The van der Waals surface area contributed by atoms with Crippen LogP contribution in [0.2, 0.25) is 0 Å². The number of benzene rings is 1. The molecule has 78 valence electrons. The Morgan fingerprint density at radius 3 is 2.40 bits per heavy atom. The van der Waals surface area contributed by atoms with Gasteiger partial charge >= 0.3 is 0 Å². The molecule has 0 saturated heterocycles. The van der Waals surface area contributed by atoms with Gasteiger partial charge in [0, 0.05) is 17.3 Å². The molecule has 1 aromatic heterocycles. The van der Waals surface area contributed by atoms with Crippen LogP contribution in [-0.2, 0) is 0 Å². The van der Waals surface area contributed by atoms with E-state index in [0.29, 0.717) is 5.92 Å². The lowest BCUT2D eigenvalue weighted by molar-refractivity contribution is 0.866. The van der Waals surface area contributed by atoms with E-state index < -0.39 is 0 Å². The van der Waals surface area contributed by atoms with Gasteiger partial charge in [0.25, 0.3) is 0 Å². The van der Waals surface area contributed by atoms with Gasteiger partial charge in [-0.25, -0.2) is 0 Å². The molecule has 0 radical (unpaired) electrons. The fourth-order valence-corrected chi connectivity index (χ4v) is 2.30. The van der Waals surface area contributed by atoms with Gasteiger partial charge in [-0.15, -0.1) is 0 Å². The van der Waals surface area contributed by atoms with Crippen molar-refractivity contribution in [3.63, 3.8) is 0 Å². The first-order valence-corrected chi connectivity index (χ1v) is 5.46. The summed E-state index contributed by atoms with van der Waals surface area (Å²) < 4.78 is 0. The van der Waals surface area contributed by atoms with Gasteiger partial charge in [-0.3, -0.25) is 4.98 Å². The van der Waals surface area contributed by atoms with Gasteiger partial charge in [-0.2, -0.15) is 0 Å². The first kappa shape index (κ1) is 10.2. The molecule has 0 aliphatic rings. The Kier molecular flexibility index (Phi) is 2.47. The minimum Gasteiger partial charge on any atom is -0.261 e. The summed E-state index contributed by atoms with van der Waals surface area (Å²) >= 11 is 0. The van der Waals surface area contributed by atoms with Crippen LogP contribution in [-0.4, -0.2) is 4.98 Å². The molecule has 1 aromatic carbocycles. The monoisotopic (exact) mass is 199 g/mol. The second kappa shape index (κ2) is 3.65. The molecule has 0 atom stereocenters. The second-order valence-corrected chi connectivity index (χ2v) is 4.44. The Labute approximate surface area is 91.2 Å². The van der Waals surface area contributed by atoms with Crippen LogP contribution in [0.15, 0.2) is 24.4 Å². The average molecular weight is 199 g/mol. The van der Waals surface area contributed by atoms with Crippen LogP contribution in [0.25, 0.3) is 10.8 Å². The summed E-state index contributed by atoms with van der Waals surface area (Å²) in [6.45, 7) is 8.75. The number of pyridine rings is 1. The normalized spacial score (nSPS) is 11.3. The Bertz CT molecular complexity index is 498. The van der Waals surface area contributed by atoms with Gasteiger partial charge < -0.3 is 0 Å². The number of hydrogen-bond donors (Lipinski definition) is 0. The van der Waals surface area contributed by atoms with E-state index in [1.54, 1.807) is 0 Å². The second-order valence-electron chi connectivity index (χ2n) is 4.44. The molecule has 0 aliphatic carbocycles. The maximum atomic E-state index is 4.34. The Hall–Kier alpha value is -1.37. The molecular formula is C14H17N. The van der Waals surface area contributed by atoms with E-state index in [0.717, 1.165) is 5.69 Å². The number of nitrogens with zero attached hydrogens (tertiary/aromatic N) is 1. The van der Waals surface area contributed by atoms with E-state index >= 15 is 0 Å². The van der Waals surface area contributed by atoms with Crippen LogP contribution in [0.4, 0.5) is 0 Å². The largest absolute Gasteiger partial charge is 0.261 e. The first-order chi connectivity index (χ1) is 7.11. The smallest absolute Gasteiger partial charge is 0.0451 e. The molecule has 0 N–H and O–H groups in total. The molecule has 0 amide bonds. The van der Waals surface area contributed by atoms with Crippen LogP contribution in [0.1, 0.15) is 36.6 Å². The molecule has 0 bridgehead atoms. The topological polar surface area (TPSA) is 12.9 Å². The van der Waals surface area contributed by atoms with Gasteiger partial charge in [0.05, 0.1) is 0 Å². The third kappa shape index (κ3) is 1.63. The van der Waals surface area contributed by atoms with Crippen molar-refractivity contribution in [2.75, 3.05) is 0 Å². The summed E-state index contributed by atoms with van der Waals surface area (Å²) in [5, 5.41) is 2.64. The summed E-state index contributed by atoms with van der Waals surface area (Å²) in [5.41, 5.74) is 3.95. The zero-order valence-electron chi connectivity index (χ0n) is 9.83. The highest BCUT2D eigenvalue weighted by Gasteiger charge is 2.09. The molecule has 0 unspecified atom stereocenters. The lowest BCUT2D eigenvalue weighted by atomic mass is 9.92. The highest BCUT2D eigenvalue weighted by atomic mass is 14.7. The SMILES string of the molecule is Cc1ccc2c(C)nccc2c1C(C)C. The van der Waals surface area contributed by atoms with Crippen molar-refractivity contribution in [3.8, 4) is 0 Å². The molecule has 2 aromatic rings. The fraction of sp³-hybridized carbons (Fsp3) is 0.357. The molecule has 1 heterocycles. The average Bonchev–Trinajstić information content (AvgIpc) is 2.17. The highest BCUT2D eigenvalue weighted by molar-refractivity contribution is 5.88. The molecule has 15 heavy (non-hydrogen) atoms. The summed E-state index contributed by atoms with van der Waals surface area (Å²) in [5.74, 6) is 0.565. The minimum absolute atomic E-state index is 0.565. The third-order valence-electron chi connectivity index (χ3n) is 2.98. The Morgan fingerprint density at radius 2 is 1.73 bits per heavy atom. The molecule has 1 heteroatoms. The number of hydrogen-bond acceptors (Lipinski definition) is 1. The number of aromatic nitrogens is 1. The summed E-state index contributed by atoms with van der Waals surface area (Å²) in [6.07, 6.45) is 1.91. The van der Waals surface area contributed by atoms with Crippen molar-refractivity contribution < 1.29 is 0 Å².